The third-order valence-electron chi connectivity index (χ3n) is 5.43. The molecular weight excluding hydrogens is 554 g/mol. The van der Waals surface area contributed by atoms with Gasteiger partial charge in [0.05, 0.1) is 5.56 Å². The van der Waals surface area contributed by atoms with Crippen LogP contribution in [0.5, 0.6) is 0 Å². The van der Waals surface area contributed by atoms with Gasteiger partial charge in [0, 0.05) is 34.1 Å². The van der Waals surface area contributed by atoms with Crippen LogP contribution in [0.1, 0.15) is 55.9 Å². The molecule has 0 atom stereocenters. The van der Waals surface area contributed by atoms with Gasteiger partial charge in [-0.2, -0.15) is 0 Å². The number of nitrogens with one attached hydrogen (secondary N) is 1. The summed E-state index contributed by atoms with van der Waals surface area (Å²) in [7, 11) is 0. The molecular formula is C29H26BrNO7. The lowest BCUT2D eigenvalue weighted by Crippen LogP contribution is -2.16. The van der Waals surface area contributed by atoms with Crippen LogP contribution in [0.4, 0.5) is 5.69 Å². The van der Waals surface area contributed by atoms with E-state index in [2.05, 4.69) is 21.2 Å². The van der Waals surface area contributed by atoms with E-state index < -0.39 is 11.9 Å². The summed E-state index contributed by atoms with van der Waals surface area (Å²) in [5.41, 5.74) is 2.62. The highest BCUT2D eigenvalue weighted by Crippen LogP contribution is 2.13. The Labute approximate surface area is 228 Å². The molecule has 0 aliphatic rings. The zero-order valence-electron chi connectivity index (χ0n) is 20.7. The molecule has 3 rings (SSSR count). The fourth-order valence-corrected chi connectivity index (χ4v) is 3.55. The van der Waals surface area contributed by atoms with E-state index >= 15 is 0 Å². The molecule has 0 unspecified atom stereocenters. The second kappa shape index (κ2) is 14.0. The molecule has 0 aliphatic carbocycles. The number of aryl methyl sites for hydroxylation is 1. The first-order valence-electron chi connectivity index (χ1n) is 11.8. The number of carbonyl (C=O) groups excluding carboxylic acids is 5. The van der Waals surface area contributed by atoms with Crippen molar-refractivity contribution in [2.24, 2.45) is 0 Å². The zero-order valence-corrected chi connectivity index (χ0v) is 22.3. The minimum absolute atomic E-state index is 0.00682. The Balaban J connectivity index is 1.34. The van der Waals surface area contributed by atoms with Crippen molar-refractivity contribution in [2.75, 3.05) is 18.5 Å². The number of ether oxygens (including phenoxy) is 2. The van der Waals surface area contributed by atoms with Crippen molar-refractivity contribution >= 4 is 51.0 Å². The van der Waals surface area contributed by atoms with Gasteiger partial charge in [0.1, 0.15) is 0 Å². The molecule has 8 nitrogen and oxygen atoms in total. The maximum atomic E-state index is 12.2. The predicted octanol–water partition coefficient (Wildman–Crippen LogP) is 5.33. The Bertz CT molecular complexity index is 1300. The molecule has 196 valence electrons. The fraction of sp³-hybridized carbons (Fsp3) is 0.207. The number of hydrogen-bond acceptors (Lipinski definition) is 7. The van der Waals surface area contributed by atoms with Crippen LogP contribution in [0.25, 0.3) is 0 Å². The van der Waals surface area contributed by atoms with Crippen LogP contribution in [-0.4, -0.2) is 42.6 Å². The first kappa shape index (κ1) is 28.5. The van der Waals surface area contributed by atoms with E-state index in [1.54, 1.807) is 36.4 Å². The molecule has 9 heteroatoms. The van der Waals surface area contributed by atoms with Crippen LogP contribution in [0.2, 0.25) is 0 Å². The Kier molecular flexibility index (Phi) is 10.5. The van der Waals surface area contributed by atoms with Crippen LogP contribution in [0, 0.1) is 6.92 Å². The van der Waals surface area contributed by atoms with E-state index in [4.69, 9.17) is 9.47 Å². The number of carbonyl (C=O) groups is 5. The molecule has 0 radical (unpaired) electrons. The average Bonchev–Trinajstić information content (AvgIpc) is 2.91. The minimum Gasteiger partial charge on any atom is -0.457 e. The molecule has 1 amide bonds. The molecule has 0 aromatic heterocycles. The number of rotatable bonds is 12. The molecule has 0 saturated heterocycles. The number of Topliss-reactive ketones (excluding diaryl/α,β-unsaturated/α-hetero) is 2. The SMILES string of the molecule is Cc1ccc(C(=O)COC(=O)c2ccc(NC(=O)CCCC(=O)OCC(=O)c3ccc(Br)cc3)cc2)cc1. The van der Waals surface area contributed by atoms with Gasteiger partial charge in [-0.15, -0.1) is 0 Å². The first-order chi connectivity index (χ1) is 18.2. The van der Waals surface area contributed by atoms with Crippen LogP contribution >= 0.6 is 15.9 Å². The molecule has 38 heavy (non-hydrogen) atoms. The smallest absolute Gasteiger partial charge is 0.338 e. The topological polar surface area (TPSA) is 116 Å². The van der Waals surface area contributed by atoms with Gasteiger partial charge in [-0.1, -0.05) is 57.9 Å². The van der Waals surface area contributed by atoms with Crippen molar-refractivity contribution in [1.29, 1.82) is 0 Å². The van der Waals surface area contributed by atoms with E-state index in [0.717, 1.165) is 10.0 Å². The Hall–Kier alpha value is -4.11. The van der Waals surface area contributed by atoms with Gasteiger partial charge in [-0.25, -0.2) is 4.79 Å². The zero-order chi connectivity index (χ0) is 27.5. The Morgan fingerprint density at radius 3 is 1.82 bits per heavy atom. The van der Waals surface area contributed by atoms with Gasteiger partial charge in [-0.3, -0.25) is 19.2 Å². The summed E-state index contributed by atoms with van der Waals surface area (Å²) in [4.78, 5) is 60.5. The normalized spacial score (nSPS) is 10.4. The van der Waals surface area contributed by atoms with Crippen molar-refractivity contribution in [3.8, 4) is 0 Å². The van der Waals surface area contributed by atoms with Gasteiger partial charge in [0.25, 0.3) is 0 Å². The highest BCUT2D eigenvalue weighted by molar-refractivity contribution is 9.10. The van der Waals surface area contributed by atoms with Gasteiger partial charge in [0.2, 0.25) is 5.91 Å². The lowest BCUT2D eigenvalue weighted by atomic mass is 10.1. The van der Waals surface area contributed by atoms with Crippen LogP contribution in [0.3, 0.4) is 0 Å². The summed E-state index contributed by atoms with van der Waals surface area (Å²) in [5, 5.41) is 2.68. The molecule has 1 N–H and O–H groups in total. The van der Waals surface area contributed by atoms with E-state index in [1.165, 1.54) is 24.3 Å². The Morgan fingerprint density at radius 2 is 1.21 bits per heavy atom. The maximum absolute atomic E-state index is 12.2. The third kappa shape index (κ3) is 9.08. The summed E-state index contributed by atoms with van der Waals surface area (Å²) in [6.07, 6.45) is 0.310. The standard InChI is InChI=1S/C29H26BrNO7/c1-19-5-7-20(8-6-19)26(33)18-38-29(36)22-11-15-24(16-12-22)31-27(34)3-2-4-28(35)37-17-25(32)21-9-13-23(30)14-10-21/h5-16H,2-4,17-18H2,1H3,(H,31,34). The lowest BCUT2D eigenvalue weighted by molar-refractivity contribution is -0.142. The van der Waals surface area contributed by atoms with Crippen molar-refractivity contribution in [3.05, 3.63) is 99.5 Å². The molecule has 3 aromatic rings. The second-order valence-electron chi connectivity index (χ2n) is 8.44. The summed E-state index contributed by atoms with van der Waals surface area (Å²) in [5.74, 6) is -2.15. The number of esters is 2. The second-order valence-corrected chi connectivity index (χ2v) is 9.35. The summed E-state index contributed by atoms with van der Waals surface area (Å²) >= 11 is 3.29. The summed E-state index contributed by atoms with van der Waals surface area (Å²) < 4.78 is 10.9. The predicted molar refractivity (Wildman–Crippen MR) is 144 cm³/mol. The molecule has 0 fully saturated rings. The van der Waals surface area contributed by atoms with Crippen molar-refractivity contribution in [3.63, 3.8) is 0 Å². The van der Waals surface area contributed by atoms with Gasteiger partial charge < -0.3 is 14.8 Å². The molecule has 0 saturated carbocycles. The number of benzene rings is 3. The van der Waals surface area contributed by atoms with E-state index in [9.17, 15) is 24.0 Å². The Morgan fingerprint density at radius 1 is 0.684 bits per heavy atom. The van der Waals surface area contributed by atoms with Crippen LogP contribution in [0.15, 0.2) is 77.3 Å². The number of halogens is 1. The largest absolute Gasteiger partial charge is 0.457 e. The monoisotopic (exact) mass is 579 g/mol. The molecule has 3 aromatic carbocycles. The van der Waals surface area contributed by atoms with Crippen molar-refractivity contribution in [1.82, 2.24) is 0 Å². The van der Waals surface area contributed by atoms with Gasteiger partial charge >= 0.3 is 11.9 Å². The number of hydrogen-bond donors (Lipinski definition) is 1. The third-order valence-corrected chi connectivity index (χ3v) is 5.96. The quantitative estimate of drug-likeness (QED) is 0.227. The van der Waals surface area contributed by atoms with Gasteiger partial charge in [-0.05, 0) is 49.7 Å². The highest BCUT2D eigenvalue weighted by atomic mass is 79.9. The number of amides is 1. The summed E-state index contributed by atoms with van der Waals surface area (Å²) in [6.45, 7) is 1.18. The maximum Gasteiger partial charge on any atom is 0.338 e. The molecule has 0 bridgehead atoms. The van der Waals surface area contributed by atoms with Crippen LogP contribution < -0.4 is 5.32 Å². The number of ketones is 2. The van der Waals surface area contributed by atoms with E-state index in [-0.39, 0.29) is 55.5 Å². The minimum atomic E-state index is -0.652. The summed E-state index contributed by atoms with van der Waals surface area (Å²) in [6, 6.07) is 19.7. The van der Waals surface area contributed by atoms with Crippen molar-refractivity contribution < 1.29 is 33.4 Å². The van der Waals surface area contributed by atoms with Crippen LogP contribution in [-0.2, 0) is 19.1 Å². The van der Waals surface area contributed by atoms with E-state index in [1.807, 2.05) is 19.1 Å². The van der Waals surface area contributed by atoms with E-state index in [0.29, 0.717) is 16.8 Å². The van der Waals surface area contributed by atoms with Gasteiger partial charge in [0.15, 0.2) is 24.8 Å². The highest BCUT2D eigenvalue weighted by Gasteiger charge is 2.13. The molecule has 0 spiro atoms. The average molecular weight is 580 g/mol. The first-order valence-corrected chi connectivity index (χ1v) is 12.6. The number of anilines is 1. The molecule has 0 aliphatic heterocycles. The molecule has 0 heterocycles. The lowest BCUT2D eigenvalue weighted by Gasteiger charge is -2.08. The van der Waals surface area contributed by atoms with Crippen molar-refractivity contribution in [2.45, 2.75) is 26.2 Å². The fourth-order valence-electron chi connectivity index (χ4n) is 3.28.